The minimum atomic E-state index is -0.404. The lowest BCUT2D eigenvalue weighted by atomic mass is 9.90. The Morgan fingerprint density at radius 3 is 3.00 bits per heavy atom. The molecule has 0 aliphatic carbocycles. The number of benzene rings is 1. The summed E-state index contributed by atoms with van der Waals surface area (Å²) in [5.41, 5.74) is 0.952. The third-order valence-electron chi connectivity index (χ3n) is 4.98. The molecule has 2 aliphatic heterocycles. The van der Waals surface area contributed by atoms with Gasteiger partial charge in [-0.1, -0.05) is 6.07 Å². The Hall–Kier alpha value is -2.41. The van der Waals surface area contributed by atoms with Gasteiger partial charge in [0.2, 0.25) is 0 Å². The number of carbonyl (C=O) groups excluding carboxylic acids is 1. The highest BCUT2D eigenvalue weighted by Gasteiger charge is 2.42. The molecule has 1 aromatic carbocycles. The van der Waals surface area contributed by atoms with Crippen LogP contribution in [-0.4, -0.2) is 59.4 Å². The Morgan fingerprint density at radius 1 is 1.28 bits per heavy atom. The number of H-pyrrole nitrogens is 1. The molecule has 2 saturated heterocycles. The number of morpholine rings is 1. The molecule has 6 nitrogen and oxygen atoms in total. The molecule has 2 aromatic rings. The highest BCUT2D eigenvalue weighted by atomic mass is 19.1. The van der Waals surface area contributed by atoms with Gasteiger partial charge in [-0.2, -0.15) is 5.10 Å². The predicted octanol–water partition coefficient (Wildman–Crippen LogP) is 2.06. The quantitative estimate of drug-likeness (QED) is 0.906. The van der Waals surface area contributed by atoms with Crippen molar-refractivity contribution < 1.29 is 13.9 Å². The molecule has 3 heterocycles. The maximum absolute atomic E-state index is 13.6. The number of nitrogens with one attached hydrogen (secondary N) is 1. The Kier molecular flexibility index (Phi) is 4.17. The number of rotatable bonds is 2. The molecule has 0 unspecified atom stereocenters. The molecule has 0 saturated carbocycles. The summed E-state index contributed by atoms with van der Waals surface area (Å²) in [6, 6.07) is 8.32. The van der Waals surface area contributed by atoms with Gasteiger partial charge in [-0.3, -0.25) is 9.89 Å². The van der Waals surface area contributed by atoms with E-state index in [0.29, 0.717) is 31.9 Å². The van der Waals surface area contributed by atoms with E-state index in [2.05, 4.69) is 15.1 Å². The summed E-state index contributed by atoms with van der Waals surface area (Å²) in [4.78, 5) is 16.6. The molecule has 1 spiro atoms. The summed E-state index contributed by atoms with van der Waals surface area (Å²) in [5, 5.41) is 6.59. The van der Waals surface area contributed by atoms with Crippen LogP contribution >= 0.6 is 0 Å². The number of amides is 1. The number of piperidine rings is 1. The largest absolute Gasteiger partial charge is 0.369 e. The van der Waals surface area contributed by atoms with Crippen molar-refractivity contribution in [3.05, 3.63) is 48.0 Å². The number of ether oxygens (including phenoxy) is 1. The van der Waals surface area contributed by atoms with Crippen LogP contribution in [0.2, 0.25) is 0 Å². The summed E-state index contributed by atoms with van der Waals surface area (Å²) in [7, 11) is 0. The zero-order valence-corrected chi connectivity index (χ0v) is 13.9. The normalized spacial score (nSPS) is 23.9. The van der Waals surface area contributed by atoms with E-state index in [1.165, 1.54) is 6.07 Å². The minimum absolute atomic E-state index is 0.0527. The van der Waals surface area contributed by atoms with Crippen molar-refractivity contribution in [2.24, 2.45) is 0 Å². The Morgan fingerprint density at radius 2 is 2.20 bits per heavy atom. The summed E-state index contributed by atoms with van der Waals surface area (Å²) >= 11 is 0. The number of carbonyl (C=O) groups is 1. The second kappa shape index (κ2) is 6.48. The molecule has 0 bridgehead atoms. The van der Waals surface area contributed by atoms with E-state index in [-0.39, 0.29) is 11.7 Å². The molecule has 1 atom stereocenters. The molecular formula is C18H21FN4O2. The van der Waals surface area contributed by atoms with Crippen molar-refractivity contribution >= 4 is 11.6 Å². The third kappa shape index (κ3) is 3.24. The summed E-state index contributed by atoms with van der Waals surface area (Å²) in [6.07, 6.45) is 3.42. The number of aromatic nitrogens is 2. The van der Waals surface area contributed by atoms with Gasteiger partial charge in [0.05, 0.1) is 13.2 Å². The van der Waals surface area contributed by atoms with Crippen LogP contribution < -0.4 is 4.90 Å². The van der Waals surface area contributed by atoms with Crippen LogP contribution in [0.1, 0.15) is 23.3 Å². The van der Waals surface area contributed by atoms with E-state index in [0.717, 1.165) is 25.1 Å². The van der Waals surface area contributed by atoms with Gasteiger partial charge in [0.15, 0.2) is 0 Å². The van der Waals surface area contributed by atoms with E-state index in [4.69, 9.17) is 4.74 Å². The molecule has 7 heteroatoms. The lowest BCUT2D eigenvalue weighted by Gasteiger charge is -2.48. The van der Waals surface area contributed by atoms with Crippen LogP contribution in [0.3, 0.4) is 0 Å². The predicted molar refractivity (Wildman–Crippen MR) is 91.0 cm³/mol. The van der Waals surface area contributed by atoms with E-state index >= 15 is 0 Å². The fraction of sp³-hybridized carbons (Fsp3) is 0.444. The van der Waals surface area contributed by atoms with Crippen LogP contribution in [0.15, 0.2) is 36.5 Å². The summed E-state index contributed by atoms with van der Waals surface area (Å²) < 4.78 is 19.7. The van der Waals surface area contributed by atoms with Crippen molar-refractivity contribution in [1.82, 2.24) is 15.1 Å². The fourth-order valence-corrected chi connectivity index (χ4v) is 3.80. The second-order valence-corrected chi connectivity index (χ2v) is 6.73. The highest BCUT2D eigenvalue weighted by Crippen LogP contribution is 2.32. The number of nitrogens with zero attached hydrogens (tertiary/aromatic N) is 3. The number of halogens is 1. The van der Waals surface area contributed by atoms with Gasteiger partial charge >= 0.3 is 0 Å². The van der Waals surface area contributed by atoms with E-state index in [1.54, 1.807) is 24.4 Å². The molecule has 2 aliphatic rings. The smallest absolute Gasteiger partial charge is 0.272 e. The lowest BCUT2D eigenvalue weighted by molar-refractivity contribution is -0.105. The monoisotopic (exact) mass is 344 g/mol. The first kappa shape index (κ1) is 16.1. The summed E-state index contributed by atoms with van der Waals surface area (Å²) in [5.74, 6) is -0.291. The highest BCUT2D eigenvalue weighted by molar-refractivity contribution is 5.92. The molecule has 1 amide bonds. The van der Waals surface area contributed by atoms with Crippen molar-refractivity contribution in [1.29, 1.82) is 0 Å². The van der Waals surface area contributed by atoms with Crippen LogP contribution in [0, 0.1) is 5.82 Å². The SMILES string of the molecule is O=C(c1ccn[nH]1)N1CCO[C@]2(CCCN(c3cccc(F)c3)C2)C1. The minimum Gasteiger partial charge on any atom is -0.369 e. The molecular weight excluding hydrogens is 323 g/mol. The Bertz CT molecular complexity index is 747. The first-order valence-electron chi connectivity index (χ1n) is 8.58. The number of hydrogen-bond donors (Lipinski definition) is 1. The van der Waals surface area contributed by atoms with E-state index < -0.39 is 5.60 Å². The van der Waals surface area contributed by atoms with Gasteiger partial charge in [-0.25, -0.2) is 4.39 Å². The fourth-order valence-electron chi connectivity index (χ4n) is 3.80. The molecule has 0 radical (unpaired) electrons. The van der Waals surface area contributed by atoms with Crippen molar-refractivity contribution in [2.45, 2.75) is 18.4 Å². The maximum Gasteiger partial charge on any atom is 0.272 e. The number of hydrogen-bond acceptors (Lipinski definition) is 4. The number of aromatic amines is 1. The molecule has 4 rings (SSSR count). The van der Waals surface area contributed by atoms with Crippen LogP contribution in [0.5, 0.6) is 0 Å². The van der Waals surface area contributed by atoms with Gasteiger partial charge in [0.25, 0.3) is 5.91 Å². The molecule has 1 aromatic heterocycles. The van der Waals surface area contributed by atoms with Crippen LogP contribution in [0.25, 0.3) is 0 Å². The molecule has 25 heavy (non-hydrogen) atoms. The topological polar surface area (TPSA) is 61.5 Å². The van der Waals surface area contributed by atoms with Crippen LogP contribution in [-0.2, 0) is 4.74 Å². The van der Waals surface area contributed by atoms with Crippen molar-refractivity contribution in [2.75, 3.05) is 37.7 Å². The second-order valence-electron chi connectivity index (χ2n) is 6.73. The van der Waals surface area contributed by atoms with Gasteiger partial charge in [0, 0.05) is 31.5 Å². The van der Waals surface area contributed by atoms with Gasteiger partial charge in [-0.05, 0) is 37.1 Å². The standard InChI is InChI=1S/C18H21FN4O2/c19-14-3-1-4-15(11-14)22-8-2-6-18(12-22)13-23(9-10-25-18)17(24)16-5-7-20-21-16/h1,3-5,7,11H,2,6,8-10,12-13H2,(H,20,21)/t18-/m0/s1. The van der Waals surface area contributed by atoms with E-state index in [9.17, 15) is 9.18 Å². The van der Waals surface area contributed by atoms with Gasteiger partial charge in [-0.15, -0.1) is 0 Å². The first-order valence-corrected chi connectivity index (χ1v) is 8.58. The lowest BCUT2D eigenvalue weighted by Crippen LogP contribution is -2.60. The van der Waals surface area contributed by atoms with Crippen molar-refractivity contribution in [3.63, 3.8) is 0 Å². The van der Waals surface area contributed by atoms with Crippen LogP contribution in [0.4, 0.5) is 10.1 Å². The molecule has 2 fully saturated rings. The molecule has 1 N–H and O–H groups in total. The zero-order chi connectivity index (χ0) is 17.3. The maximum atomic E-state index is 13.6. The average molecular weight is 344 g/mol. The van der Waals surface area contributed by atoms with Gasteiger partial charge < -0.3 is 14.5 Å². The molecule has 132 valence electrons. The summed E-state index contributed by atoms with van der Waals surface area (Å²) in [6.45, 7) is 3.14. The first-order chi connectivity index (χ1) is 12.2. The van der Waals surface area contributed by atoms with Crippen molar-refractivity contribution in [3.8, 4) is 0 Å². The average Bonchev–Trinajstić information content (AvgIpc) is 3.16. The third-order valence-corrected chi connectivity index (χ3v) is 4.98. The Balaban J connectivity index is 1.51. The Labute approximate surface area is 145 Å². The number of anilines is 1. The zero-order valence-electron chi connectivity index (χ0n) is 13.9. The van der Waals surface area contributed by atoms with E-state index in [1.807, 2.05) is 11.0 Å². The van der Waals surface area contributed by atoms with Gasteiger partial charge in [0.1, 0.15) is 17.1 Å².